The van der Waals surface area contributed by atoms with Crippen LogP contribution in [0, 0.1) is 5.92 Å². The summed E-state index contributed by atoms with van der Waals surface area (Å²) in [5.41, 5.74) is 1.32. The molecule has 2 unspecified atom stereocenters. The van der Waals surface area contributed by atoms with Crippen molar-refractivity contribution in [2.75, 3.05) is 7.11 Å². The number of unbranched alkanes of at least 4 members (excludes halogenated alkanes) is 5. The first kappa shape index (κ1) is 18.2. The van der Waals surface area contributed by atoms with E-state index in [0.29, 0.717) is 5.92 Å². The fourth-order valence-corrected chi connectivity index (χ4v) is 2.98. The molecular weight excluding hydrogens is 256 g/mol. The van der Waals surface area contributed by atoms with Crippen LogP contribution in [0.2, 0.25) is 0 Å². The van der Waals surface area contributed by atoms with Crippen molar-refractivity contribution >= 4 is 0 Å². The highest BCUT2D eigenvalue weighted by Crippen LogP contribution is 2.29. The molecule has 0 aromatic heterocycles. The monoisotopic (exact) mass is 290 g/mol. The van der Waals surface area contributed by atoms with Crippen molar-refractivity contribution in [3.05, 3.63) is 35.9 Å². The van der Waals surface area contributed by atoms with Crippen molar-refractivity contribution in [2.45, 2.75) is 77.7 Å². The highest BCUT2D eigenvalue weighted by atomic mass is 16.5. The van der Waals surface area contributed by atoms with Gasteiger partial charge in [0, 0.05) is 13.5 Å². The molecule has 0 spiro atoms. The van der Waals surface area contributed by atoms with Crippen LogP contribution >= 0.6 is 0 Å². The van der Waals surface area contributed by atoms with Crippen LogP contribution in [0.3, 0.4) is 0 Å². The van der Waals surface area contributed by atoms with Gasteiger partial charge < -0.3 is 4.74 Å². The molecule has 0 amide bonds. The number of rotatable bonds is 11. The van der Waals surface area contributed by atoms with E-state index in [1.54, 1.807) is 0 Å². The van der Waals surface area contributed by atoms with Gasteiger partial charge in [-0.05, 0) is 24.8 Å². The van der Waals surface area contributed by atoms with E-state index < -0.39 is 0 Å². The van der Waals surface area contributed by atoms with Gasteiger partial charge >= 0.3 is 0 Å². The van der Waals surface area contributed by atoms with Gasteiger partial charge in [0.1, 0.15) is 0 Å². The van der Waals surface area contributed by atoms with E-state index in [2.05, 4.69) is 51.1 Å². The molecule has 1 aromatic carbocycles. The van der Waals surface area contributed by atoms with Gasteiger partial charge in [-0.15, -0.1) is 0 Å². The van der Waals surface area contributed by atoms with Gasteiger partial charge in [-0.25, -0.2) is 0 Å². The van der Waals surface area contributed by atoms with Crippen molar-refractivity contribution < 1.29 is 4.74 Å². The van der Waals surface area contributed by atoms with Crippen LogP contribution in [-0.2, 0) is 11.2 Å². The minimum absolute atomic E-state index is 0.0508. The second kappa shape index (κ2) is 10.00. The Labute approximate surface area is 132 Å². The Morgan fingerprint density at radius 2 is 1.62 bits per heavy atom. The normalized spacial score (nSPS) is 15.6. The first-order valence-electron chi connectivity index (χ1n) is 8.71. The van der Waals surface area contributed by atoms with E-state index in [-0.39, 0.29) is 5.60 Å². The number of methoxy groups -OCH3 is 1. The fraction of sp³-hybridized carbons (Fsp3) is 0.700. The SMILES string of the molecule is CCCCCCCCC(C)C(C)(Cc1ccccc1)OC. The molecule has 2 atom stereocenters. The second-order valence-electron chi connectivity index (χ2n) is 6.64. The van der Waals surface area contributed by atoms with Crippen molar-refractivity contribution in [1.82, 2.24) is 0 Å². The molecule has 0 saturated heterocycles. The summed E-state index contributed by atoms with van der Waals surface area (Å²) in [7, 11) is 1.86. The molecule has 0 aliphatic carbocycles. The average molecular weight is 290 g/mol. The minimum atomic E-state index is -0.0508. The molecule has 1 aromatic rings. The zero-order valence-corrected chi connectivity index (χ0v) is 14.5. The standard InChI is InChI=1S/C20H34O/c1-5-6-7-8-9-11-14-18(2)20(3,21-4)17-19-15-12-10-13-16-19/h10,12-13,15-16,18H,5-9,11,14,17H2,1-4H3. The summed E-state index contributed by atoms with van der Waals surface area (Å²) in [5, 5.41) is 0. The lowest BCUT2D eigenvalue weighted by Crippen LogP contribution is -2.37. The molecule has 0 bridgehead atoms. The molecule has 0 heterocycles. The largest absolute Gasteiger partial charge is 0.378 e. The van der Waals surface area contributed by atoms with Crippen LogP contribution in [0.5, 0.6) is 0 Å². The number of benzene rings is 1. The minimum Gasteiger partial charge on any atom is -0.378 e. The Balaban J connectivity index is 2.38. The molecule has 0 N–H and O–H groups in total. The molecule has 1 nitrogen and oxygen atoms in total. The maximum atomic E-state index is 5.90. The van der Waals surface area contributed by atoms with Gasteiger partial charge in [-0.1, -0.05) is 82.7 Å². The lowest BCUT2D eigenvalue weighted by Gasteiger charge is -2.35. The molecular formula is C20H34O. The number of ether oxygens (including phenoxy) is 1. The topological polar surface area (TPSA) is 9.23 Å². The summed E-state index contributed by atoms with van der Waals surface area (Å²) in [4.78, 5) is 0. The Hall–Kier alpha value is -0.820. The van der Waals surface area contributed by atoms with Gasteiger partial charge in [-0.2, -0.15) is 0 Å². The van der Waals surface area contributed by atoms with E-state index in [1.165, 1.54) is 50.5 Å². The predicted molar refractivity (Wildman–Crippen MR) is 92.7 cm³/mol. The summed E-state index contributed by atoms with van der Waals surface area (Å²) >= 11 is 0. The van der Waals surface area contributed by atoms with Gasteiger partial charge in [-0.3, -0.25) is 0 Å². The Bertz CT molecular complexity index is 359. The van der Waals surface area contributed by atoms with Crippen molar-refractivity contribution in [1.29, 1.82) is 0 Å². The number of hydrogen-bond acceptors (Lipinski definition) is 1. The lowest BCUT2D eigenvalue weighted by atomic mass is 9.81. The smallest absolute Gasteiger partial charge is 0.0716 e. The summed E-state index contributed by atoms with van der Waals surface area (Å²) in [6.45, 7) is 6.88. The Kier molecular flexibility index (Phi) is 8.68. The van der Waals surface area contributed by atoms with Gasteiger partial charge in [0.15, 0.2) is 0 Å². The van der Waals surface area contributed by atoms with E-state index in [0.717, 1.165) is 6.42 Å². The molecule has 0 fully saturated rings. The summed E-state index contributed by atoms with van der Waals surface area (Å²) in [6.07, 6.45) is 10.5. The van der Waals surface area contributed by atoms with Crippen LogP contribution in [0.25, 0.3) is 0 Å². The molecule has 0 radical (unpaired) electrons. The van der Waals surface area contributed by atoms with Crippen LogP contribution in [0.4, 0.5) is 0 Å². The summed E-state index contributed by atoms with van der Waals surface area (Å²) in [6, 6.07) is 10.7. The maximum Gasteiger partial charge on any atom is 0.0716 e. The number of hydrogen-bond donors (Lipinski definition) is 0. The molecule has 120 valence electrons. The van der Waals surface area contributed by atoms with Crippen molar-refractivity contribution in [3.63, 3.8) is 0 Å². The lowest BCUT2D eigenvalue weighted by molar-refractivity contribution is -0.0405. The van der Waals surface area contributed by atoms with Gasteiger partial charge in [0.25, 0.3) is 0 Å². The van der Waals surface area contributed by atoms with Gasteiger partial charge in [0.05, 0.1) is 5.60 Å². The third-order valence-corrected chi connectivity index (χ3v) is 4.90. The second-order valence-corrected chi connectivity index (χ2v) is 6.64. The quantitative estimate of drug-likeness (QED) is 0.453. The fourth-order valence-electron chi connectivity index (χ4n) is 2.98. The average Bonchev–Trinajstić information content (AvgIpc) is 2.51. The zero-order valence-electron chi connectivity index (χ0n) is 14.5. The van der Waals surface area contributed by atoms with Crippen LogP contribution in [0.1, 0.15) is 71.3 Å². The highest BCUT2D eigenvalue weighted by Gasteiger charge is 2.30. The third kappa shape index (κ3) is 6.65. The van der Waals surface area contributed by atoms with E-state index in [9.17, 15) is 0 Å². The third-order valence-electron chi connectivity index (χ3n) is 4.90. The molecule has 1 heteroatoms. The summed E-state index contributed by atoms with van der Waals surface area (Å²) in [5.74, 6) is 0.592. The molecule has 0 saturated carbocycles. The first-order valence-corrected chi connectivity index (χ1v) is 8.71. The van der Waals surface area contributed by atoms with Crippen LogP contribution in [0.15, 0.2) is 30.3 Å². The molecule has 21 heavy (non-hydrogen) atoms. The Morgan fingerprint density at radius 1 is 1.00 bits per heavy atom. The molecule has 1 rings (SSSR count). The van der Waals surface area contributed by atoms with Crippen LogP contribution in [-0.4, -0.2) is 12.7 Å². The van der Waals surface area contributed by atoms with E-state index in [1.807, 2.05) is 7.11 Å². The predicted octanol–water partition coefficient (Wildman–Crippen LogP) is 6.02. The highest BCUT2D eigenvalue weighted by molar-refractivity contribution is 5.17. The van der Waals surface area contributed by atoms with Gasteiger partial charge in [0.2, 0.25) is 0 Å². The zero-order chi connectivity index (χ0) is 15.6. The van der Waals surface area contributed by atoms with E-state index >= 15 is 0 Å². The van der Waals surface area contributed by atoms with E-state index in [4.69, 9.17) is 4.74 Å². The first-order chi connectivity index (χ1) is 10.1. The van der Waals surface area contributed by atoms with Crippen molar-refractivity contribution in [3.8, 4) is 0 Å². The van der Waals surface area contributed by atoms with Crippen molar-refractivity contribution in [2.24, 2.45) is 5.92 Å². The summed E-state index contributed by atoms with van der Waals surface area (Å²) < 4.78 is 5.90. The maximum absolute atomic E-state index is 5.90. The molecule has 0 aliphatic rings. The molecule has 0 aliphatic heterocycles. The van der Waals surface area contributed by atoms with Crippen LogP contribution < -0.4 is 0 Å². The Morgan fingerprint density at radius 3 is 2.24 bits per heavy atom.